The van der Waals surface area contributed by atoms with Crippen molar-refractivity contribution in [2.75, 3.05) is 33.9 Å². The Bertz CT molecular complexity index is 2810. The predicted molar refractivity (Wildman–Crippen MR) is 277 cm³/mol. The number of carbonyl (C=O) groups is 7. The van der Waals surface area contributed by atoms with E-state index in [4.69, 9.17) is 40.0 Å². The number of hydrazine groups is 1. The molecule has 4 aromatic carbocycles. The summed E-state index contributed by atoms with van der Waals surface area (Å²) in [4.78, 5) is 92.6. The molecule has 388 valence electrons. The van der Waals surface area contributed by atoms with E-state index < -0.39 is 23.8 Å². The van der Waals surface area contributed by atoms with E-state index >= 15 is 0 Å². The molecule has 0 bridgehead atoms. The van der Waals surface area contributed by atoms with Crippen molar-refractivity contribution in [1.82, 2.24) is 10.0 Å². The number of esters is 4. The summed E-state index contributed by atoms with van der Waals surface area (Å²) in [6.07, 6.45) is 7.12. The molecule has 2 aliphatic rings. The second-order valence-electron chi connectivity index (χ2n) is 17.9. The minimum absolute atomic E-state index is 0.164. The summed E-state index contributed by atoms with van der Waals surface area (Å²) in [5.41, 5.74) is 2.12. The van der Waals surface area contributed by atoms with Gasteiger partial charge >= 0.3 is 23.9 Å². The average Bonchev–Trinajstić information content (AvgIpc) is 3.88. The third-order valence-electron chi connectivity index (χ3n) is 13.2. The summed E-state index contributed by atoms with van der Waals surface area (Å²) >= 11 is 7.16. The fourth-order valence-electron chi connectivity index (χ4n) is 8.95. The number of carbonyl (C=O) groups excluding carboxylic acids is 7. The molecule has 1 heterocycles. The van der Waals surface area contributed by atoms with Gasteiger partial charge in [0.1, 0.15) is 28.7 Å². The van der Waals surface area contributed by atoms with Gasteiger partial charge in [0, 0.05) is 36.2 Å². The van der Waals surface area contributed by atoms with Gasteiger partial charge in [0.2, 0.25) is 0 Å². The topological polar surface area (TPSA) is 181 Å². The van der Waals surface area contributed by atoms with Gasteiger partial charge in [-0.15, -0.1) is 11.3 Å². The van der Waals surface area contributed by atoms with Crippen LogP contribution < -0.4 is 23.7 Å². The lowest BCUT2D eigenvalue weighted by Gasteiger charge is -2.33. The van der Waals surface area contributed by atoms with Crippen LogP contribution in [0.1, 0.15) is 107 Å². The molecule has 2 aliphatic carbocycles. The van der Waals surface area contributed by atoms with E-state index in [1.54, 1.807) is 118 Å². The SMILES string of the molecule is CCN(C(=O)c1ccc(OC)cc1)N(CC)C(=O)c1ccc(OC(=O)C2CCC(C(=O)OCCc3ccc(OC(=O)C4CCC(C(=O)Oc5ccc(OC)cc5/C=C/C(=O)c5ccc(Cl)s5)CC4)cc3)CC2)cc1. The number of rotatable bonds is 19. The van der Waals surface area contributed by atoms with Crippen LogP contribution in [0.15, 0.2) is 109 Å². The number of amides is 2. The van der Waals surface area contributed by atoms with Gasteiger partial charge < -0.3 is 28.4 Å². The van der Waals surface area contributed by atoms with Crippen LogP contribution in [0.25, 0.3) is 6.08 Å². The number of ether oxygens (including phenoxy) is 6. The number of halogens is 1. The Morgan fingerprint density at radius 2 is 1.00 bits per heavy atom. The first-order chi connectivity index (χ1) is 35.8. The van der Waals surface area contributed by atoms with Crippen molar-refractivity contribution >= 4 is 70.5 Å². The normalized spacial score (nSPS) is 17.4. The van der Waals surface area contributed by atoms with Crippen molar-refractivity contribution in [3.63, 3.8) is 0 Å². The van der Waals surface area contributed by atoms with E-state index in [9.17, 15) is 33.6 Å². The Morgan fingerprint density at radius 1 is 0.554 bits per heavy atom. The van der Waals surface area contributed by atoms with Gasteiger partial charge in [0.15, 0.2) is 5.78 Å². The summed E-state index contributed by atoms with van der Waals surface area (Å²) < 4.78 is 33.9. The molecule has 0 N–H and O–H groups in total. The summed E-state index contributed by atoms with van der Waals surface area (Å²) in [5, 5.41) is 2.78. The molecule has 74 heavy (non-hydrogen) atoms. The van der Waals surface area contributed by atoms with Crippen LogP contribution in [0, 0.1) is 23.7 Å². The van der Waals surface area contributed by atoms with Crippen LogP contribution in [0.5, 0.6) is 28.7 Å². The zero-order valence-corrected chi connectivity index (χ0v) is 43.3. The highest BCUT2D eigenvalue weighted by atomic mass is 35.5. The maximum atomic E-state index is 13.5. The molecule has 2 saturated carbocycles. The monoisotopic (exact) mass is 1050 g/mol. The van der Waals surface area contributed by atoms with E-state index in [-0.39, 0.29) is 72.6 Å². The second-order valence-corrected chi connectivity index (χ2v) is 19.6. The van der Waals surface area contributed by atoms with Crippen molar-refractivity contribution in [3.05, 3.63) is 141 Å². The molecule has 17 heteroatoms. The number of hydrogen-bond donors (Lipinski definition) is 0. The number of thiophene rings is 1. The first kappa shape index (κ1) is 54.5. The lowest BCUT2D eigenvalue weighted by atomic mass is 9.82. The summed E-state index contributed by atoms with van der Waals surface area (Å²) in [6, 6.07) is 28.2. The Balaban J connectivity index is 0.790. The number of ketones is 1. The standard InChI is InChI=1S/C57H59ClN2O13S/c1-5-59(52(62)37-17-24-44(68-3)25-18-37)60(6-2)53(63)38-19-26-46(27-20-38)72-56(66)40-11-9-39(10-12-40)54(64)70-34-33-36-7-22-45(23-8-36)71-55(65)41-13-15-42(16-14-41)57(67)73-49-30-28-47(69-4)35-43(49)21-29-48(61)50-31-32-51(58)74-50/h7-8,17-32,35,39-42H,5-6,9-16,33-34H2,1-4H3/b29-21+. The molecule has 0 spiro atoms. The third-order valence-corrected chi connectivity index (χ3v) is 14.5. The van der Waals surface area contributed by atoms with E-state index in [0.717, 1.165) is 5.56 Å². The van der Waals surface area contributed by atoms with Crippen molar-refractivity contribution in [2.45, 2.75) is 71.6 Å². The van der Waals surface area contributed by atoms with E-state index in [2.05, 4.69) is 0 Å². The molecule has 0 atom stereocenters. The highest BCUT2D eigenvalue weighted by Crippen LogP contribution is 2.35. The van der Waals surface area contributed by atoms with E-state index in [1.807, 2.05) is 12.1 Å². The fraction of sp³-hybridized carbons (Fsp3) is 0.351. The summed E-state index contributed by atoms with van der Waals surface area (Å²) in [5.74, 6) is -1.87. The average molecular weight is 1050 g/mol. The van der Waals surface area contributed by atoms with Crippen molar-refractivity contribution in [1.29, 1.82) is 0 Å². The Morgan fingerprint density at radius 3 is 1.46 bits per heavy atom. The van der Waals surface area contributed by atoms with Crippen molar-refractivity contribution in [2.24, 2.45) is 23.7 Å². The number of benzene rings is 4. The Kier molecular flexibility index (Phi) is 19.2. The van der Waals surface area contributed by atoms with Crippen molar-refractivity contribution < 1.29 is 62.0 Å². The second kappa shape index (κ2) is 26.1. The number of methoxy groups -OCH3 is 2. The van der Waals surface area contributed by atoms with Crippen LogP contribution in [0.4, 0.5) is 0 Å². The highest BCUT2D eigenvalue weighted by molar-refractivity contribution is 7.18. The Hall–Kier alpha value is -7.30. The molecule has 15 nitrogen and oxygen atoms in total. The van der Waals surface area contributed by atoms with Gasteiger partial charge in [0.05, 0.1) is 53.7 Å². The van der Waals surface area contributed by atoms with Gasteiger partial charge in [-0.3, -0.25) is 33.6 Å². The zero-order valence-electron chi connectivity index (χ0n) is 41.8. The lowest BCUT2D eigenvalue weighted by Crippen LogP contribution is -2.49. The van der Waals surface area contributed by atoms with Gasteiger partial charge in [-0.1, -0.05) is 23.7 Å². The van der Waals surface area contributed by atoms with Gasteiger partial charge in [-0.25, -0.2) is 10.0 Å². The highest BCUT2D eigenvalue weighted by Gasteiger charge is 2.34. The largest absolute Gasteiger partial charge is 0.497 e. The Labute approximate surface area is 439 Å². The smallest absolute Gasteiger partial charge is 0.314 e. The van der Waals surface area contributed by atoms with E-state index in [1.165, 1.54) is 34.5 Å². The van der Waals surface area contributed by atoms with Gasteiger partial charge in [-0.05, 0) is 174 Å². The molecule has 2 amide bonds. The maximum Gasteiger partial charge on any atom is 0.314 e. The third kappa shape index (κ3) is 14.3. The quantitative estimate of drug-likeness (QED) is 0.0251. The van der Waals surface area contributed by atoms with Gasteiger partial charge in [0.25, 0.3) is 11.8 Å². The molecular weight excluding hydrogens is 988 g/mol. The molecule has 5 aromatic rings. The summed E-state index contributed by atoms with van der Waals surface area (Å²) in [7, 11) is 3.06. The first-order valence-corrected chi connectivity index (χ1v) is 25.9. The maximum absolute atomic E-state index is 13.5. The lowest BCUT2D eigenvalue weighted by molar-refractivity contribution is -0.152. The molecule has 7 rings (SSSR count). The number of hydrogen-bond acceptors (Lipinski definition) is 14. The molecule has 0 aliphatic heterocycles. The molecule has 0 unspecified atom stereocenters. The molecular formula is C57H59ClN2O13S. The minimum atomic E-state index is -0.417. The fourth-order valence-corrected chi connectivity index (χ4v) is 9.91. The minimum Gasteiger partial charge on any atom is -0.497 e. The van der Waals surface area contributed by atoms with Crippen molar-refractivity contribution in [3.8, 4) is 28.7 Å². The molecule has 2 fully saturated rings. The molecule has 0 radical (unpaired) electrons. The van der Waals surface area contributed by atoms with Crippen LogP contribution in [-0.4, -0.2) is 85.4 Å². The summed E-state index contributed by atoms with van der Waals surface area (Å²) in [6.45, 7) is 4.26. The molecule has 1 aromatic heterocycles. The predicted octanol–water partition coefficient (Wildman–Crippen LogP) is 10.7. The first-order valence-electron chi connectivity index (χ1n) is 24.7. The molecule has 0 saturated heterocycles. The zero-order chi connectivity index (χ0) is 52.7. The van der Waals surface area contributed by atoms with Crippen LogP contribution in [0.2, 0.25) is 4.34 Å². The van der Waals surface area contributed by atoms with Gasteiger partial charge in [-0.2, -0.15) is 0 Å². The number of allylic oxidation sites excluding steroid dienone is 1. The van der Waals surface area contributed by atoms with Crippen LogP contribution in [0.3, 0.4) is 0 Å². The number of nitrogens with zero attached hydrogens (tertiary/aromatic N) is 2. The van der Waals surface area contributed by atoms with E-state index in [0.29, 0.717) is 101 Å². The van der Waals surface area contributed by atoms with Crippen LogP contribution in [-0.2, 0) is 30.3 Å². The van der Waals surface area contributed by atoms with Crippen LogP contribution >= 0.6 is 22.9 Å².